The number of amides is 1. The number of aromatic nitrogens is 3. The van der Waals surface area contributed by atoms with Gasteiger partial charge < -0.3 is 10.2 Å². The van der Waals surface area contributed by atoms with Crippen molar-refractivity contribution in [3.05, 3.63) is 66.7 Å². The predicted molar refractivity (Wildman–Crippen MR) is 111 cm³/mol. The van der Waals surface area contributed by atoms with E-state index in [4.69, 9.17) is 9.97 Å². The minimum absolute atomic E-state index is 0.0592. The average Bonchev–Trinajstić information content (AvgIpc) is 3.50. The minimum Gasteiger partial charge on any atom is -0.340 e. The molecule has 6 heteroatoms. The van der Waals surface area contributed by atoms with Gasteiger partial charge in [0.05, 0.1) is 11.7 Å². The molecule has 2 fully saturated rings. The van der Waals surface area contributed by atoms with Crippen molar-refractivity contribution in [2.24, 2.45) is 5.92 Å². The van der Waals surface area contributed by atoms with Crippen molar-refractivity contribution in [2.45, 2.75) is 31.7 Å². The van der Waals surface area contributed by atoms with Crippen molar-refractivity contribution in [3.63, 3.8) is 0 Å². The summed E-state index contributed by atoms with van der Waals surface area (Å²) < 4.78 is 0. The Hall–Kier alpha value is -3.28. The van der Waals surface area contributed by atoms with E-state index in [1.54, 1.807) is 12.4 Å². The predicted octanol–water partition coefficient (Wildman–Crippen LogP) is 4.36. The fourth-order valence-corrected chi connectivity index (χ4v) is 3.87. The minimum atomic E-state index is -0.0592. The number of pyridine rings is 1. The summed E-state index contributed by atoms with van der Waals surface area (Å²) in [4.78, 5) is 28.7. The summed E-state index contributed by atoms with van der Waals surface area (Å²) in [5, 5.41) is 3.38. The van der Waals surface area contributed by atoms with E-state index in [9.17, 15) is 4.79 Å². The van der Waals surface area contributed by atoms with Gasteiger partial charge in [-0.2, -0.15) is 0 Å². The molecule has 3 heterocycles. The highest BCUT2D eigenvalue weighted by Crippen LogP contribution is 2.38. The van der Waals surface area contributed by atoms with Gasteiger partial charge in [-0.05, 0) is 49.9 Å². The van der Waals surface area contributed by atoms with E-state index in [1.165, 1.54) is 0 Å². The summed E-state index contributed by atoms with van der Waals surface area (Å²) in [5.41, 5.74) is 2.71. The SMILES string of the molecule is O=C(C1CC1)N1CCC[C@H]1c1nc(Nc2ccccc2)cc(-c2cccnc2)n1. The Morgan fingerprint density at radius 1 is 1.03 bits per heavy atom. The molecule has 0 unspecified atom stereocenters. The molecule has 1 aliphatic carbocycles. The van der Waals surface area contributed by atoms with Crippen LogP contribution in [0.5, 0.6) is 0 Å². The zero-order valence-corrected chi connectivity index (χ0v) is 16.2. The number of carbonyl (C=O) groups excluding carboxylic acids is 1. The summed E-state index contributed by atoms with van der Waals surface area (Å²) in [5.74, 6) is 1.90. The molecule has 1 saturated carbocycles. The molecule has 1 aromatic carbocycles. The summed E-state index contributed by atoms with van der Waals surface area (Å²) in [6.45, 7) is 0.794. The molecular weight excluding hydrogens is 362 g/mol. The lowest BCUT2D eigenvalue weighted by molar-refractivity contribution is -0.133. The van der Waals surface area contributed by atoms with Gasteiger partial charge in [-0.25, -0.2) is 9.97 Å². The topological polar surface area (TPSA) is 71.0 Å². The number of nitrogens with one attached hydrogen (secondary N) is 1. The Bertz CT molecular complexity index is 1000. The standard InChI is InChI=1S/C23H23N5O/c29-23(16-10-11-16)28-13-5-9-20(28)22-26-19(17-6-4-12-24-15-17)14-21(27-22)25-18-7-2-1-3-8-18/h1-4,6-8,12,14-16,20H,5,9-11,13H2,(H,25,26,27)/t20-/m0/s1. The third-order valence-electron chi connectivity index (χ3n) is 5.51. The highest BCUT2D eigenvalue weighted by atomic mass is 16.2. The van der Waals surface area contributed by atoms with Crippen molar-refractivity contribution >= 4 is 17.4 Å². The summed E-state index contributed by atoms with van der Waals surface area (Å²) in [6, 6.07) is 15.7. The van der Waals surface area contributed by atoms with E-state index in [2.05, 4.69) is 10.3 Å². The third-order valence-corrected chi connectivity index (χ3v) is 5.51. The largest absolute Gasteiger partial charge is 0.340 e. The molecule has 146 valence electrons. The second-order valence-electron chi connectivity index (χ2n) is 7.69. The van der Waals surface area contributed by atoms with Crippen molar-refractivity contribution in [3.8, 4) is 11.3 Å². The van der Waals surface area contributed by atoms with Gasteiger partial charge in [0, 0.05) is 42.2 Å². The third kappa shape index (κ3) is 3.83. The molecule has 6 nitrogen and oxygen atoms in total. The van der Waals surface area contributed by atoms with Crippen LogP contribution in [0.15, 0.2) is 60.9 Å². The van der Waals surface area contributed by atoms with Crippen molar-refractivity contribution in [2.75, 3.05) is 11.9 Å². The van der Waals surface area contributed by atoms with Crippen LogP contribution in [0.4, 0.5) is 11.5 Å². The molecule has 2 aliphatic rings. The molecule has 0 radical (unpaired) electrons. The van der Waals surface area contributed by atoms with Crippen LogP contribution < -0.4 is 5.32 Å². The van der Waals surface area contributed by atoms with E-state index < -0.39 is 0 Å². The number of benzene rings is 1. The Labute approximate surface area is 170 Å². The molecular formula is C23H23N5O. The first-order chi connectivity index (χ1) is 14.3. The van der Waals surface area contributed by atoms with Gasteiger partial charge in [0.1, 0.15) is 5.82 Å². The number of carbonyl (C=O) groups is 1. The molecule has 1 saturated heterocycles. The van der Waals surface area contributed by atoms with Crippen LogP contribution in [-0.4, -0.2) is 32.3 Å². The molecule has 1 N–H and O–H groups in total. The number of para-hydroxylation sites is 1. The van der Waals surface area contributed by atoms with E-state index in [0.717, 1.165) is 55.0 Å². The van der Waals surface area contributed by atoms with Gasteiger partial charge in [-0.15, -0.1) is 0 Å². The molecule has 1 amide bonds. The summed E-state index contributed by atoms with van der Waals surface area (Å²) >= 11 is 0. The van der Waals surface area contributed by atoms with Crippen LogP contribution in [0.1, 0.15) is 37.5 Å². The van der Waals surface area contributed by atoms with Crippen LogP contribution in [-0.2, 0) is 4.79 Å². The van der Waals surface area contributed by atoms with Crippen LogP contribution in [0.25, 0.3) is 11.3 Å². The van der Waals surface area contributed by atoms with Gasteiger partial charge in [-0.3, -0.25) is 9.78 Å². The van der Waals surface area contributed by atoms with E-state index in [-0.39, 0.29) is 17.9 Å². The fraction of sp³-hybridized carbons (Fsp3) is 0.304. The number of hydrogen-bond donors (Lipinski definition) is 1. The Kier molecular flexibility index (Phi) is 4.68. The highest BCUT2D eigenvalue weighted by Gasteiger charge is 2.40. The number of rotatable bonds is 5. The lowest BCUT2D eigenvalue weighted by atomic mass is 10.1. The molecule has 29 heavy (non-hydrogen) atoms. The molecule has 3 aromatic rings. The Morgan fingerprint density at radius 3 is 2.66 bits per heavy atom. The molecule has 0 bridgehead atoms. The van der Waals surface area contributed by atoms with Crippen LogP contribution in [0.2, 0.25) is 0 Å². The van der Waals surface area contributed by atoms with Crippen molar-refractivity contribution in [1.82, 2.24) is 19.9 Å². The van der Waals surface area contributed by atoms with Crippen molar-refractivity contribution < 1.29 is 4.79 Å². The van der Waals surface area contributed by atoms with Gasteiger partial charge in [-0.1, -0.05) is 18.2 Å². The fourth-order valence-electron chi connectivity index (χ4n) is 3.87. The number of nitrogens with zero attached hydrogens (tertiary/aromatic N) is 4. The first-order valence-corrected chi connectivity index (χ1v) is 10.2. The highest BCUT2D eigenvalue weighted by molar-refractivity contribution is 5.81. The number of hydrogen-bond acceptors (Lipinski definition) is 5. The second-order valence-corrected chi connectivity index (χ2v) is 7.69. The number of anilines is 2. The van der Waals surface area contributed by atoms with Gasteiger partial charge in [0.15, 0.2) is 5.82 Å². The molecule has 5 rings (SSSR count). The van der Waals surface area contributed by atoms with Crippen molar-refractivity contribution in [1.29, 1.82) is 0 Å². The van der Waals surface area contributed by atoms with E-state index >= 15 is 0 Å². The maximum absolute atomic E-state index is 12.8. The lowest BCUT2D eigenvalue weighted by Gasteiger charge is -2.24. The van der Waals surface area contributed by atoms with Gasteiger partial charge >= 0.3 is 0 Å². The first-order valence-electron chi connectivity index (χ1n) is 10.2. The van der Waals surface area contributed by atoms with Crippen LogP contribution in [0, 0.1) is 5.92 Å². The molecule has 0 spiro atoms. The average molecular weight is 385 g/mol. The Morgan fingerprint density at radius 2 is 1.90 bits per heavy atom. The normalized spacial score (nSPS) is 18.6. The lowest BCUT2D eigenvalue weighted by Crippen LogP contribution is -2.32. The molecule has 1 atom stereocenters. The smallest absolute Gasteiger partial charge is 0.226 e. The van der Waals surface area contributed by atoms with E-state index in [0.29, 0.717) is 5.82 Å². The zero-order valence-electron chi connectivity index (χ0n) is 16.2. The van der Waals surface area contributed by atoms with E-state index in [1.807, 2.05) is 53.4 Å². The zero-order chi connectivity index (χ0) is 19.6. The summed E-state index contributed by atoms with van der Waals surface area (Å²) in [6.07, 6.45) is 7.48. The van der Waals surface area contributed by atoms with Gasteiger partial charge in [0.2, 0.25) is 5.91 Å². The second kappa shape index (κ2) is 7.62. The van der Waals surface area contributed by atoms with Crippen LogP contribution in [0.3, 0.4) is 0 Å². The maximum Gasteiger partial charge on any atom is 0.226 e. The van der Waals surface area contributed by atoms with Crippen LogP contribution >= 0.6 is 0 Å². The monoisotopic (exact) mass is 385 g/mol. The molecule has 1 aliphatic heterocycles. The number of likely N-dealkylation sites (tertiary alicyclic amines) is 1. The molecule has 2 aromatic heterocycles. The van der Waals surface area contributed by atoms with Gasteiger partial charge in [0.25, 0.3) is 0 Å². The summed E-state index contributed by atoms with van der Waals surface area (Å²) in [7, 11) is 0. The quantitative estimate of drug-likeness (QED) is 0.707. The maximum atomic E-state index is 12.8. The Balaban J connectivity index is 1.53. The first kappa shape index (κ1) is 17.8.